The first kappa shape index (κ1) is 8.97. The molecule has 1 aliphatic carbocycles. The molecule has 0 bridgehead atoms. The van der Waals surface area contributed by atoms with Crippen molar-refractivity contribution in [3.63, 3.8) is 0 Å². The van der Waals surface area contributed by atoms with E-state index in [4.69, 9.17) is 5.11 Å². The highest BCUT2D eigenvalue weighted by atomic mass is 16.4. The minimum atomic E-state index is -0.797. The molecule has 1 rings (SSSR count). The molecule has 1 aliphatic rings. The van der Waals surface area contributed by atoms with Crippen LogP contribution in [-0.4, -0.2) is 16.9 Å². The van der Waals surface area contributed by atoms with E-state index in [2.05, 4.69) is 0 Å². The van der Waals surface area contributed by atoms with E-state index in [-0.39, 0.29) is 12.2 Å². The number of carbonyl (C=O) groups is 2. The smallest absolute Gasteiger partial charge is 0.303 e. The van der Waals surface area contributed by atoms with E-state index in [0.717, 1.165) is 18.4 Å². The first-order valence-corrected chi connectivity index (χ1v) is 4.12. The molecule has 3 nitrogen and oxygen atoms in total. The van der Waals surface area contributed by atoms with Crippen molar-refractivity contribution >= 4 is 11.8 Å². The Morgan fingerprint density at radius 3 is 2.83 bits per heavy atom. The highest BCUT2D eigenvalue weighted by molar-refractivity contribution is 5.91. The van der Waals surface area contributed by atoms with Gasteiger partial charge in [-0.3, -0.25) is 9.59 Å². The van der Waals surface area contributed by atoms with Crippen molar-refractivity contribution in [1.82, 2.24) is 0 Å². The molecule has 0 saturated carbocycles. The van der Waals surface area contributed by atoms with Gasteiger partial charge in [0.25, 0.3) is 0 Å². The van der Waals surface area contributed by atoms with Crippen LogP contribution in [0.4, 0.5) is 0 Å². The summed E-state index contributed by atoms with van der Waals surface area (Å²) in [5.41, 5.74) is 0.994. The van der Waals surface area contributed by atoms with Crippen molar-refractivity contribution < 1.29 is 14.7 Å². The third-order valence-corrected chi connectivity index (χ3v) is 1.95. The second kappa shape index (κ2) is 4.04. The number of carbonyl (C=O) groups excluding carboxylic acids is 1. The summed E-state index contributed by atoms with van der Waals surface area (Å²) in [6.07, 6.45) is 4.66. The van der Waals surface area contributed by atoms with Gasteiger partial charge < -0.3 is 5.11 Å². The summed E-state index contributed by atoms with van der Waals surface area (Å²) in [6, 6.07) is 0. The molecule has 0 aromatic rings. The van der Waals surface area contributed by atoms with Crippen molar-refractivity contribution in [2.24, 2.45) is 0 Å². The van der Waals surface area contributed by atoms with Crippen molar-refractivity contribution in [1.29, 1.82) is 0 Å². The van der Waals surface area contributed by atoms with Gasteiger partial charge >= 0.3 is 5.97 Å². The fourth-order valence-electron chi connectivity index (χ4n) is 1.33. The molecule has 0 spiro atoms. The molecule has 66 valence electrons. The lowest BCUT2D eigenvalue weighted by atomic mass is 9.95. The van der Waals surface area contributed by atoms with Crippen molar-refractivity contribution in [3.8, 4) is 0 Å². The van der Waals surface area contributed by atoms with Gasteiger partial charge in [0.15, 0.2) is 5.78 Å². The van der Waals surface area contributed by atoms with E-state index in [9.17, 15) is 9.59 Å². The second-order valence-electron chi connectivity index (χ2n) is 3.02. The van der Waals surface area contributed by atoms with E-state index >= 15 is 0 Å². The zero-order chi connectivity index (χ0) is 8.97. The number of carboxylic acid groups (broad SMARTS) is 1. The van der Waals surface area contributed by atoms with Gasteiger partial charge in [0.05, 0.1) is 0 Å². The van der Waals surface area contributed by atoms with Gasteiger partial charge in [-0.2, -0.15) is 0 Å². The number of hydrogen-bond donors (Lipinski definition) is 1. The first-order valence-electron chi connectivity index (χ1n) is 4.12. The molecule has 0 fully saturated rings. The van der Waals surface area contributed by atoms with Crippen LogP contribution in [0.5, 0.6) is 0 Å². The van der Waals surface area contributed by atoms with Crippen LogP contribution in [-0.2, 0) is 9.59 Å². The molecule has 3 heteroatoms. The third-order valence-electron chi connectivity index (χ3n) is 1.95. The van der Waals surface area contributed by atoms with Gasteiger partial charge in [0, 0.05) is 12.8 Å². The monoisotopic (exact) mass is 168 g/mol. The summed E-state index contributed by atoms with van der Waals surface area (Å²) in [5.74, 6) is -0.657. The molecule has 0 amide bonds. The zero-order valence-electron chi connectivity index (χ0n) is 6.88. The molecule has 12 heavy (non-hydrogen) atoms. The van der Waals surface area contributed by atoms with Crippen molar-refractivity contribution in [2.45, 2.75) is 32.1 Å². The molecule has 0 radical (unpaired) electrons. The standard InChI is InChI=1S/C9H12O3/c10-8-3-1-2-7(6-8)4-5-9(11)12/h6H,1-5H2,(H,11,12). The minimum absolute atomic E-state index is 0.138. The molecular weight excluding hydrogens is 156 g/mol. The van der Waals surface area contributed by atoms with Crippen LogP contribution in [0.3, 0.4) is 0 Å². The molecular formula is C9H12O3. The van der Waals surface area contributed by atoms with Crippen LogP contribution < -0.4 is 0 Å². The number of allylic oxidation sites excluding steroid dienone is 2. The Hall–Kier alpha value is -1.12. The average Bonchev–Trinajstić information content (AvgIpc) is 2.01. The Bertz CT molecular complexity index is 228. The lowest BCUT2D eigenvalue weighted by Gasteiger charge is -2.09. The largest absolute Gasteiger partial charge is 0.481 e. The molecule has 0 saturated heterocycles. The topological polar surface area (TPSA) is 54.4 Å². The fraction of sp³-hybridized carbons (Fsp3) is 0.556. The number of aliphatic carboxylic acids is 1. The lowest BCUT2D eigenvalue weighted by Crippen LogP contribution is -2.04. The molecule has 0 unspecified atom stereocenters. The Labute approximate surface area is 71.1 Å². The quantitative estimate of drug-likeness (QED) is 0.695. The maximum absolute atomic E-state index is 10.9. The Morgan fingerprint density at radius 2 is 2.25 bits per heavy atom. The van der Waals surface area contributed by atoms with Crippen LogP contribution in [0, 0.1) is 0 Å². The van der Waals surface area contributed by atoms with Gasteiger partial charge in [0.1, 0.15) is 0 Å². The van der Waals surface area contributed by atoms with Gasteiger partial charge in [0.2, 0.25) is 0 Å². The van der Waals surface area contributed by atoms with E-state index < -0.39 is 5.97 Å². The molecule has 0 aliphatic heterocycles. The summed E-state index contributed by atoms with van der Waals surface area (Å²) in [6.45, 7) is 0. The normalized spacial score (nSPS) is 17.3. The lowest BCUT2D eigenvalue weighted by molar-refractivity contribution is -0.137. The first-order chi connectivity index (χ1) is 5.68. The zero-order valence-corrected chi connectivity index (χ0v) is 6.88. The summed E-state index contributed by atoms with van der Waals surface area (Å²) < 4.78 is 0. The Balaban J connectivity index is 2.40. The third kappa shape index (κ3) is 2.86. The highest BCUT2D eigenvalue weighted by Gasteiger charge is 2.10. The van der Waals surface area contributed by atoms with Gasteiger partial charge in [-0.15, -0.1) is 0 Å². The fourth-order valence-corrected chi connectivity index (χ4v) is 1.33. The van der Waals surface area contributed by atoms with Crippen molar-refractivity contribution in [3.05, 3.63) is 11.6 Å². The van der Waals surface area contributed by atoms with Crippen molar-refractivity contribution in [2.75, 3.05) is 0 Å². The number of carboxylic acids is 1. The number of hydrogen-bond acceptors (Lipinski definition) is 2. The Morgan fingerprint density at radius 1 is 1.50 bits per heavy atom. The predicted octanol–water partition coefficient (Wildman–Crippen LogP) is 1.53. The summed E-state index contributed by atoms with van der Waals surface area (Å²) >= 11 is 0. The van der Waals surface area contributed by atoms with Crippen LogP contribution >= 0.6 is 0 Å². The maximum Gasteiger partial charge on any atom is 0.303 e. The van der Waals surface area contributed by atoms with E-state index in [1.165, 1.54) is 0 Å². The number of rotatable bonds is 3. The number of ketones is 1. The van der Waals surface area contributed by atoms with Crippen LogP contribution in [0.1, 0.15) is 32.1 Å². The van der Waals surface area contributed by atoms with E-state index in [1.54, 1.807) is 6.08 Å². The predicted molar refractivity (Wildman–Crippen MR) is 43.8 cm³/mol. The summed E-state index contributed by atoms with van der Waals surface area (Å²) in [5, 5.41) is 8.40. The molecule has 0 aromatic heterocycles. The van der Waals surface area contributed by atoms with Crippen LogP contribution in [0.2, 0.25) is 0 Å². The van der Waals surface area contributed by atoms with E-state index in [1.807, 2.05) is 0 Å². The average molecular weight is 168 g/mol. The molecule has 0 heterocycles. The highest BCUT2D eigenvalue weighted by Crippen LogP contribution is 2.19. The summed E-state index contributed by atoms with van der Waals surface area (Å²) in [7, 11) is 0. The molecule has 0 aromatic carbocycles. The summed E-state index contributed by atoms with van der Waals surface area (Å²) in [4.78, 5) is 21.1. The molecule has 0 atom stereocenters. The van der Waals surface area contributed by atoms with Gasteiger partial charge in [-0.05, 0) is 25.3 Å². The Kier molecular flexibility index (Phi) is 3.02. The SMILES string of the molecule is O=C(O)CCC1=CC(=O)CCC1. The van der Waals surface area contributed by atoms with Gasteiger partial charge in [-0.25, -0.2) is 0 Å². The minimum Gasteiger partial charge on any atom is -0.481 e. The maximum atomic E-state index is 10.9. The van der Waals surface area contributed by atoms with Gasteiger partial charge in [-0.1, -0.05) is 5.57 Å². The molecule has 1 N–H and O–H groups in total. The van der Waals surface area contributed by atoms with E-state index in [0.29, 0.717) is 12.8 Å². The van der Waals surface area contributed by atoms with Crippen LogP contribution in [0.25, 0.3) is 0 Å². The van der Waals surface area contributed by atoms with Crippen LogP contribution in [0.15, 0.2) is 11.6 Å². The second-order valence-corrected chi connectivity index (χ2v) is 3.02.